The van der Waals surface area contributed by atoms with Crippen LogP contribution in [-0.2, 0) is 4.79 Å². The van der Waals surface area contributed by atoms with Crippen LogP contribution >= 0.6 is 0 Å². The molecule has 1 rings (SSSR count). The van der Waals surface area contributed by atoms with Crippen molar-refractivity contribution < 1.29 is 14.3 Å². The van der Waals surface area contributed by atoms with E-state index in [1.807, 2.05) is 20.8 Å². The van der Waals surface area contributed by atoms with Gasteiger partial charge in [-0.25, -0.2) is 0 Å². The van der Waals surface area contributed by atoms with Gasteiger partial charge in [-0.1, -0.05) is 26.0 Å². The summed E-state index contributed by atoms with van der Waals surface area (Å²) in [5.41, 5.74) is 5.49. The molecule has 1 aromatic rings. The van der Waals surface area contributed by atoms with Crippen LogP contribution in [0.4, 0.5) is 0 Å². The van der Waals surface area contributed by atoms with Crippen LogP contribution in [0.25, 0.3) is 0 Å². The van der Waals surface area contributed by atoms with Gasteiger partial charge in [0.1, 0.15) is 5.75 Å². The van der Waals surface area contributed by atoms with Crippen molar-refractivity contribution in [3.63, 3.8) is 0 Å². The highest BCUT2D eigenvalue weighted by Crippen LogP contribution is 2.16. The zero-order valence-electron chi connectivity index (χ0n) is 11.5. The fraction of sp³-hybridized carbons (Fsp3) is 0.429. The Balaban J connectivity index is 2.58. The van der Waals surface area contributed by atoms with Crippen molar-refractivity contribution in [1.82, 2.24) is 5.32 Å². The van der Waals surface area contributed by atoms with Gasteiger partial charge in [-0.15, -0.1) is 0 Å². The molecule has 2 amide bonds. The van der Waals surface area contributed by atoms with Gasteiger partial charge in [-0.3, -0.25) is 9.59 Å². The lowest BCUT2D eigenvalue weighted by molar-refractivity contribution is -0.124. The Hall–Kier alpha value is -2.04. The second-order valence-electron chi connectivity index (χ2n) is 4.75. The lowest BCUT2D eigenvalue weighted by Gasteiger charge is -2.17. The summed E-state index contributed by atoms with van der Waals surface area (Å²) in [4.78, 5) is 22.8. The molecule has 0 bridgehead atoms. The monoisotopic (exact) mass is 264 g/mol. The third-order valence-corrected chi connectivity index (χ3v) is 2.90. The highest BCUT2D eigenvalue weighted by atomic mass is 16.5. The first-order valence-electron chi connectivity index (χ1n) is 6.22. The Morgan fingerprint density at radius 2 is 1.89 bits per heavy atom. The third kappa shape index (κ3) is 4.62. The van der Waals surface area contributed by atoms with E-state index in [4.69, 9.17) is 10.5 Å². The molecule has 0 aromatic heterocycles. The van der Waals surface area contributed by atoms with E-state index in [0.717, 1.165) is 0 Å². The maximum atomic E-state index is 11.7. The SMILES string of the molecule is CC(C)[C@@H](C)NC(=O)COc1ccccc1C(N)=O. The van der Waals surface area contributed by atoms with E-state index in [-0.39, 0.29) is 24.1 Å². The van der Waals surface area contributed by atoms with Gasteiger partial charge in [-0.05, 0) is 25.0 Å². The van der Waals surface area contributed by atoms with E-state index < -0.39 is 5.91 Å². The highest BCUT2D eigenvalue weighted by Gasteiger charge is 2.13. The molecule has 1 atom stereocenters. The van der Waals surface area contributed by atoms with Crippen LogP contribution in [0.5, 0.6) is 5.75 Å². The molecule has 0 heterocycles. The van der Waals surface area contributed by atoms with Crippen molar-refractivity contribution >= 4 is 11.8 Å². The molecular weight excluding hydrogens is 244 g/mol. The zero-order valence-corrected chi connectivity index (χ0v) is 11.5. The van der Waals surface area contributed by atoms with E-state index >= 15 is 0 Å². The Morgan fingerprint density at radius 3 is 2.47 bits per heavy atom. The molecule has 3 N–H and O–H groups in total. The summed E-state index contributed by atoms with van der Waals surface area (Å²) >= 11 is 0. The van der Waals surface area contributed by atoms with Crippen LogP contribution in [0.3, 0.4) is 0 Å². The van der Waals surface area contributed by atoms with E-state index in [0.29, 0.717) is 11.7 Å². The number of carbonyl (C=O) groups is 2. The van der Waals surface area contributed by atoms with Crippen molar-refractivity contribution in [3.05, 3.63) is 29.8 Å². The van der Waals surface area contributed by atoms with Crippen LogP contribution in [0.15, 0.2) is 24.3 Å². The lowest BCUT2D eigenvalue weighted by atomic mass is 10.1. The minimum Gasteiger partial charge on any atom is -0.483 e. The van der Waals surface area contributed by atoms with E-state index in [9.17, 15) is 9.59 Å². The van der Waals surface area contributed by atoms with Gasteiger partial charge in [0.25, 0.3) is 11.8 Å². The van der Waals surface area contributed by atoms with Gasteiger partial charge >= 0.3 is 0 Å². The number of ether oxygens (including phenoxy) is 1. The quantitative estimate of drug-likeness (QED) is 0.813. The largest absolute Gasteiger partial charge is 0.483 e. The number of para-hydroxylation sites is 1. The molecule has 1 aromatic carbocycles. The predicted molar refractivity (Wildman–Crippen MR) is 72.9 cm³/mol. The molecule has 0 radical (unpaired) electrons. The molecule has 0 aliphatic rings. The highest BCUT2D eigenvalue weighted by molar-refractivity contribution is 5.95. The molecule has 0 fully saturated rings. The Kier molecular flexibility index (Phi) is 5.36. The molecule has 104 valence electrons. The standard InChI is InChI=1S/C14H20N2O3/c1-9(2)10(3)16-13(17)8-19-12-7-5-4-6-11(12)14(15)18/h4-7,9-10H,8H2,1-3H3,(H2,15,18)(H,16,17)/t10-/m1/s1. The number of rotatable bonds is 6. The summed E-state index contributed by atoms with van der Waals surface area (Å²) in [5.74, 6) is -0.128. The van der Waals surface area contributed by atoms with Crippen molar-refractivity contribution in [1.29, 1.82) is 0 Å². The van der Waals surface area contributed by atoms with E-state index in [1.54, 1.807) is 24.3 Å². The molecule has 0 saturated heterocycles. The Bertz CT molecular complexity index is 458. The van der Waals surface area contributed by atoms with Crippen molar-refractivity contribution in [3.8, 4) is 5.75 Å². The van der Waals surface area contributed by atoms with Gasteiger partial charge in [0.15, 0.2) is 6.61 Å². The molecule has 0 unspecified atom stereocenters. The summed E-state index contributed by atoms with van der Waals surface area (Å²) in [6.07, 6.45) is 0. The number of hydrogen-bond donors (Lipinski definition) is 2. The normalized spacial score (nSPS) is 12.0. The maximum absolute atomic E-state index is 11.7. The summed E-state index contributed by atoms with van der Waals surface area (Å²) in [5, 5.41) is 2.82. The van der Waals surface area contributed by atoms with Crippen molar-refractivity contribution in [2.75, 3.05) is 6.61 Å². The molecule has 0 saturated carbocycles. The number of benzene rings is 1. The number of amides is 2. The second-order valence-corrected chi connectivity index (χ2v) is 4.75. The lowest BCUT2D eigenvalue weighted by Crippen LogP contribution is -2.39. The second kappa shape index (κ2) is 6.78. The number of carbonyl (C=O) groups excluding carboxylic acids is 2. The van der Waals surface area contributed by atoms with Crippen LogP contribution in [0.2, 0.25) is 0 Å². The predicted octanol–water partition coefficient (Wildman–Crippen LogP) is 1.32. The topological polar surface area (TPSA) is 81.4 Å². The van der Waals surface area contributed by atoms with Gasteiger partial charge in [0.2, 0.25) is 0 Å². The van der Waals surface area contributed by atoms with Gasteiger partial charge in [0.05, 0.1) is 5.56 Å². The van der Waals surface area contributed by atoms with Gasteiger partial charge in [-0.2, -0.15) is 0 Å². The minimum atomic E-state index is -0.577. The van der Waals surface area contributed by atoms with Crippen LogP contribution in [0.1, 0.15) is 31.1 Å². The van der Waals surface area contributed by atoms with Crippen LogP contribution < -0.4 is 15.8 Å². The van der Waals surface area contributed by atoms with Crippen molar-refractivity contribution in [2.24, 2.45) is 11.7 Å². The third-order valence-electron chi connectivity index (χ3n) is 2.90. The van der Waals surface area contributed by atoms with Gasteiger partial charge in [0, 0.05) is 6.04 Å². The Labute approximate surface area is 113 Å². The summed E-state index contributed by atoms with van der Waals surface area (Å²) < 4.78 is 5.33. The first-order valence-corrected chi connectivity index (χ1v) is 6.22. The smallest absolute Gasteiger partial charge is 0.258 e. The summed E-state index contributed by atoms with van der Waals surface area (Å²) in [7, 11) is 0. The zero-order chi connectivity index (χ0) is 14.4. The van der Waals surface area contributed by atoms with Gasteiger partial charge < -0.3 is 15.8 Å². The summed E-state index contributed by atoms with van der Waals surface area (Å²) in [6.45, 7) is 5.84. The fourth-order valence-corrected chi connectivity index (χ4v) is 1.40. The first kappa shape index (κ1) is 15.0. The number of nitrogens with one attached hydrogen (secondary N) is 1. The first-order chi connectivity index (χ1) is 8.91. The van der Waals surface area contributed by atoms with Crippen LogP contribution in [-0.4, -0.2) is 24.5 Å². The molecule has 5 nitrogen and oxygen atoms in total. The molecule has 0 aliphatic carbocycles. The average molecular weight is 264 g/mol. The van der Waals surface area contributed by atoms with E-state index in [2.05, 4.69) is 5.32 Å². The molecule has 19 heavy (non-hydrogen) atoms. The van der Waals surface area contributed by atoms with Crippen LogP contribution in [0, 0.1) is 5.92 Å². The number of hydrogen-bond acceptors (Lipinski definition) is 3. The molecule has 5 heteroatoms. The minimum absolute atomic E-state index is 0.0717. The average Bonchev–Trinajstić information content (AvgIpc) is 2.36. The fourth-order valence-electron chi connectivity index (χ4n) is 1.40. The number of nitrogens with two attached hydrogens (primary N) is 1. The molecule has 0 spiro atoms. The summed E-state index contributed by atoms with van der Waals surface area (Å²) in [6, 6.07) is 6.65. The Morgan fingerprint density at radius 1 is 1.26 bits per heavy atom. The molecular formula is C14H20N2O3. The maximum Gasteiger partial charge on any atom is 0.258 e. The molecule has 0 aliphatic heterocycles. The number of primary amides is 1. The van der Waals surface area contributed by atoms with Crippen molar-refractivity contribution in [2.45, 2.75) is 26.8 Å². The van der Waals surface area contributed by atoms with E-state index in [1.165, 1.54) is 0 Å².